The normalized spacial score (nSPS) is 17.6. The van der Waals surface area contributed by atoms with E-state index in [4.69, 9.17) is 5.73 Å². The molecule has 8 heteroatoms. The minimum Gasteiger partial charge on any atom is -0.324 e. The first kappa shape index (κ1) is 17.1. The zero-order chi connectivity index (χ0) is 14.4. The Morgan fingerprint density at radius 1 is 0.900 bits per heavy atom. The Hall–Kier alpha value is -0.950. The summed E-state index contributed by atoms with van der Waals surface area (Å²) >= 11 is 0. The van der Waals surface area contributed by atoms with E-state index < -0.39 is 29.5 Å². The van der Waals surface area contributed by atoms with Crippen LogP contribution in [0.3, 0.4) is 0 Å². The number of hydrogen-bond donors (Lipinski definition) is 1. The zero-order valence-corrected chi connectivity index (χ0v) is 10.9. The molecule has 20 heavy (non-hydrogen) atoms. The van der Waals surface area contributed by atoms with Gasteiger partial charge < -0.3 is 5.73 Å². The molecule has 2 rings (SSSR count). The molecule has 2 N–H and O–H groups in total. The molecule has 1 nitrogen and oxygen atoms in total. The number of alkyl halides is 6. The summed E-state index contributed by atoms with van der Waals surface area (Å²) in [4.78, 5) is 0. The lowest BCUT2D eigenvalue weighted by Crippen LogP contribution is -2.17. The van der Waals surface area contributed by atoms with E-state index in [1.54, 1.807) is 0 Å². The van der Waals surface area contributed by atoms with E-state index in [1.165, 1.54) is 0 Å². The fourth-order valence-electron chi connectivity index (χ4n) is 1.90. The van der Waals surface area contributed by atoms with Crippen LogP contribution in [0.25, 0.3) is 0 Å². The number of halogens is 7. The van der Waals surface area contributed by atoms with Crippen LogP contribution in [0.5, 0.6) is 0 Å². The molecule has 0 radical (unpaired) electrons. The average Bonchev–Trinajstić information content (AvgIpc) is 3.09. The molecule has 0 saturated heterocycles. The molecule has 1 aliphatic carbocycles. The Labute approximate surface area is 117 Å². The number of benzene rings is 1. The molecule has 1 aliphatic rings. The highest BCUT2D eigenvalue weighted by Gasteiger charge is 2.38. The van der Waals surface area contributed by atoms with Crippen LogP contribution in [-0.4, -0.2) is 0 Å². The Kier molecular flexibility index (Phi) is 4.65. The van der Waals surface area contributed by atoms with E-state index in [9.17, 15) is 26.3 Å². The molecule has 1 aromatic carbocycles. The summed E-state index contributed by atoms with van der Waals surface area (Å²) in [6, 6.07) is 0.753. The largest absolute Gasteiger partial charge is 0.416 e. The monoisotopic (exact) mass is 319 g/mol. The molecule has 1 fully saturated rings. The molecule has 0 aliphatic heterocycles. The maximum atomic E-state index is 12.6. The van der Waals surface area contributed by atoms with Gasteiger partial charge in [-0.3, -0.25) is 0 Å². The Balaban J connectivity index is 0.00000200. The minimum absolute atomic E-state index is 0. The standard InChI is InChI=1S/C12H11F6N.ClH/c13-11(14,15)8-3-7(10(19)6-1-2-6)4-9(5-8)12(16,17)18;/h3-6,10H,1-2,19H2;1H/t10-;/m0./s1. The van der Waals surface area contributed by atoms with E-state index in [2.05, 4.69) is 0 Å². The van der Waals surface area contributed by atoms with Gasteiger partial charge in [0.05, 0.1) is 11.1 Å². The summed E-state index contributed by atoms with van der Waals surface area (Å²) in [6.07, 6.45) is -8.17. The van der Waals surface area contributed by atoms with Crippen LogP contribution in [0, 0.1) is 5.92 Å². The van der Waals surface area contributed by atoms with Gasteiger partial charge in [0, 0.05) is 6.04 Å². The summed E-state index contributed by atoms with van der Waals surface area (Å²) < 4.78 is 75.6. The summed E-state index contributed by atoms with van der Waals surface area (Å²) in [5.74, 6) is -0.0235. The van der Waals surface area contributed by atoms with E-state index in [0.29, 0.717) is 12.1 Å². The first-order chi connectivity index (χ1) is 8.59. The maximum Gasteiger partial charge on any atom is 0.416 e. The smallest absolute Gasteiger partial charge is 0.324 e. The van der Waals surface area contributed by atoms with E-state index in [0.717, 1.165) is 12.8 Å². The van der Waals surface area contributed by atoms with Crippen LogP contribution in [0.15, 0.2) is 18.2 Å². The van der Waals surface area contributed by atoms with Gasteiger partial charge >= 0.3 is 12.4 Å². The van der Waals surface area contributed by atoms with Gasteiger partial charge in [0.25, 0.3) is 0 Å². The average molecular weight is 320 g/mol. The van der Waals surface area contributed by atoms with Gasteiger partial charge in [-0.15, -0.1) is 12.4 Å². The second-order valence-corrected chi connectivity index (χ2v) is 4.70. The second-order valence-electron chi connectivity index (χ2n) is 4.70. The first-order valence-corrected chi connectivity index (χ1v) is 5.64. The van der Waals surface area contributed by atoms with Crippen molar-refractivity contribution < 1.29 is 26.3 Å². The predicted molar refractivity (Wildman–Crippen MR) is 63.3 cm³/mol. The molecular formula is C12H12ClF6N. The fourth-order valence-corrected chi connectivity index (χ4v) is 1.90. The van der Waals surface area contributed by atoms with E-state index in [1.807, 2.05) is 0 Å². The predicted octanol–water partition coefficient (Wildman–Crippen LogP) is 4.56. The van der Waals surface area contributed by atoms with Crippen molar-refractivity contribution in [1.82, 2.24) is 0 Å². The van der Waals surface area contributed by atoms with Crippen molar-refractivity contribution >= 4 is 12.4 Å². The SMILES string of the molecule is Cl.N[C@H](c1cc(C(F)(F)F)cc(C(F)(F)F)c1)C1CC1. The van der Waals surface area contributed by atoms with Crippen molar-refractivity contribution in [2.75, 3.05) is 0 Å². The second kappa shape index (κ2) is 5.44. The van der Waals surface area contributed by atoms with Crippen LogP contribution >= 0.6 is 12.4 Å². The highest BCUT2D eigenvalue weighted by atomic mass is 35.5. The molecule has 114 valence electrons. The summed E-state index contributed by atoms with van der Waals surface area (Å²) in [5.41, 5.74) is 2.96. The third kappa shape index (κ3) is 3.79. The van der Waals surface area contributed by atoms with Crippen molar-refractivity contribution in [3.05, 3.63) is 34.9 Å². The van der Waals surface area contributed by atoms with Gasteiger partial charge in [-0.1, -0.05) is 0 Å². The Bertz CT molecular complexity index is 446. The fraction of sp³-hybridized carbons (Fsp3) is 0.500. The molecule has 0 unspecified atom stereocenters. The Morgan fingerprint density at radius 3 is 1.60 bits per heavy atom. The summed E-state index contributed by atoms with van der Waals surface area (Å²) in [7, 11) is 0. The van der Waals surface area contributed by atoms with Crippen molar-refractivity contribution in [3.63, 3.8) is 0 Å². The molecule has 1 aromatic rings. The van der Waals surface area contributed by atoms with Crippen LogP contribution < -0.4 is 5.73 Å². The lowest BCUT2D eigenvalue weighted by atomic mass is 9.97. The number of rotatable bonds is 2. The van der Waals surface area contributed by atoms with Crippen molar-refractivity contribution in [2.45, 2.75) is 31.2 Å². The minimum atomic E-state index is -4.82. The quantitative estimate of drug-likeness (QED) is 0.795. The van der Waals surface area contributed by atoms with Crippen LogP contribution in [-0.2, 0) is 12.4 Å². The highest BCUT2D eigenvalue weighted by molar-refractivity contribution is 5.85. The van der Waals surface area contributed by atoms with Gasteiger partial charge in [0.1, 0.15) is 0 Å². The number of nitrogens with two attached hydrogens (primary N) is 1. The summed E-state index contributed by atoms with van der Waals surface area (Å²) in [6.45, 7) is 0. The maximum absolute atomic E-state index is 12.6. The molecule has 0 heterocycles. The van der Waals surface area contributed by atoms with Gasteiger partial charge in [-0.2, -0.15) is 26.3 Å². The van der Waals surface area contributed by atoms with Crippen molar-refractivity contribution in [1.29, 1.82) is 0 Å². The first-order valence-electron chi connectivity index (χ1n) is 5.64. The van der Waals surface area contributed by atoms with E-state index in [-0.39, 0.29) is 30.0 Å². The Morgan fingerprint density at radius 2 is 1.30 bits per heavy atom. The molecular weight excluding hydrogens is 308 g/mol. The van der Waals surface area contributed by atoms with Gasteiger partial charge in [-0.05, 0) is 42.5 Å². The van der Waals surface area contributed by atoms with Crippen LogP contribution in [0.1, 0.15) is 35.6 Å². The lowest BCUT2D eigenvalue weighted by Gasteiger charge is -2.17. The topological polar surface area (TPSA) is 26.0 Å². The van der Waals surface area contributed by atoms with Crippen molar-refractivity contribution in [2.24, 2.45) is 11.7 Å². The van der Waals surface area contributed by atoms with Gasteiger partial charge in [-0.25, -0.2) is 0 Å². The highest BCUT2D eigenvalue weighted by Crippen LogP contribution is 2.42. The third-order valence-corrected chi connectivity index (χ3v) is 3.12. The molecule has 0 amide bonds. The van der Waals surface area contributed by atoms with Gasteiger partial charge in [0.15, 0.2) is 0 Å². The molecule has 0 spiro atoms. The van der Waals surface area contributed by atoms with Crippen LogP contribution in [0.2, 0.25) is 0 Å². The molecule has 1 atom stereocenters. The summed E-state index contributed by atoms with van der Waals surface area (Å²) in [5, 5.41) is 0. The van der Waals surface area contributed by atoms with E-state index >= 15 is 0 Å². The number of hydrogen-bond acceptors (Lipinski definition) is 1. The third-order valence-electron chi connectivity index (χ3n) is 3.12. The van der Waals surface area contributed by atoms with Gasteiger partial charge in [0.2, 0.25) is 0 Å². The lowest BCUT2D eigenvalue weighted by molar-refractivity contribution is -0.143. The molecule has 0 aromatic heterocycles. The molecule has 0 bridgehead atoms. The molecule has 1 saturated carbocycles. The zero-order valence-electron chi connectivity index (χ0n) is 10.1. The van der Waals surface area contributed by atoms with Crippen LogP contribution in [0.4, 0.5) is 26.3 Å². The van der Waals surface area contributed by atoms with Crippen molar-refractivity contribution in [3.8, 4) is 0 Å².